The Morgan fingerprint density at radius 3 is 2.37 bits per heavy atom. The highest BCUT2D eigenvalue weighted by molar-refractivity contribution is 5.89. The molecular weight excluding hydrogens is 401 g/mol. The molecule has 11 heteroatoms. The molecule has 0 unspecified atom stereocenters. The first-order valence-corrected chi connectivity index (χ1v) is 9.14. The number of benzene rings is 1. The number of halogens is 1. The fourth-order valence-electron chi connectivity index (χ4n) is 3.12. The van der Waals surface area contributed by atoms with E-state index in [2.05, 4.69) is 15.4 Å². The van der Waals surface area contributed by atoms with Gasteiger partial charge in [0.05, 0.1) is 5.69 Å². The standard InChI is InChI=1S/C15H18FN3O3.C4H4O4/c16-11-1-2-12-13(9-11)22-18-14(12)10-3-6-19(7-4-10)8-5-17-15(20)21;5-3(6)1-2-4(7)8/h1-2,9-10,17H,3-8H2,(H,20,21);1-2H,(H,5,6)(H,7,8)/b;2-1+. The van der Waals surface area contributed by atoms with Crippen LogP contribution in [-0.4, -0.2) is 69.6 Å². The lowest BCUT2D eigenvalue weighted by atomic mass is 9.91. The summed E-state index contributed by atoms with van der Waals surface area (Å²) >= 11 is 0. The zero-order chi connectivity index (χ0) is 22.1. The molecule has 0 saturated carbocycles. The van der Waals surface area contributed by atoms with Gasteiger partial charge in [0, 0.05) is 42.6 Å². The topological polar surface area (TPSA) is 153 Å². The number of carboxylic acids is 2. The summed E-state index contributed by atoms with van der Waals surface area (Å²) in [6, 6.07) is 4.51. The Bertz CT molecular complexity index is 904. The molecular formula is C19H22FN3O7. The summed E-state index contributed by atoms with van der Waals surface area (Å²) in [5.41, 5.74) is 1.39. The molecule has 4 N–H and O–H groups in total. The molecule has 162 valence electrons. The SMILES string of the molecule is O=C(O)/C=C/C(=O)O.O=C(O)NCCN1CCC(c2noc3cc(F)ccc23)CC1. The third-order valence-electron chi connectivity index (χ3n) is 4.51. The third-order valence-corrected chi connectivity index (χ3v) is 4.51. The predicted octanol–water partition coefficient (Wildman–Crippen LogP) is 2.13. The third kappa shape index (κ3) is 7.17. The minimum atomic E-state index is -1.26. The Morgan fingerprint density at radius 1 is 1.17 bits per heavy atom. The number of hydrogen-bond acceptors (Lipinski definition) is 6. The quantitative estimate of drug-likeness (QED) is 0.512. The molecule has 0 aliphatic carbocycles. The zero-order valence-corrected chi connectivity index (χ0v) is 16.0. The highest BCUT2D eigenvalue weighted by Gasteiger charge is 2.24. The smallest absolute Gasteiger partial charge is 0.404 e. The van der Waals surface area contributed by atoms with Crippen LogP contribution in [0.1, 0.15) is 24.5 Å². The van der Waals surface area contributed by atoms with Crippen molar-refractivity contribution in [1.82, 2.24) is 15.4 Å². The molecule has 1 aliphatic heterocycles. The van der Waals surface area contributed by atoms with E-state index < -0.39 is 18.0 Å². The summed E-state index contributed by atoms with van der Waals surface area (Å²) in [6.45, 7) is 2.93. The van der Waals surface area contributed by atoms with Crippen LogP contribution in [0.2, 0.25) is 0 Å². The van der Waals surface area contributed by atoms with Gasteiger partial charge in [-0.3, -0.25) is 0 Å². The highest BCUT2D eigenvalue weighted by atomic mass is 19.1. The number of piperidine rings is 1. The van der Waals surface area contributed by atoms with Crippen molar-refractivity contribution in [1.29, 1.82) is 0 Å². The number of amides is 1. The van der Waals surface area contributed by atoms with E-state index in [-0.39, 0.29) is 5.82 Å². The fraction of sp³-hybridized carbons (Fsp3) is 0.368. The molecule has 1 amide bonds. The number of carboxylic acid groups (broad SMARTS) is 3. The number of hydrogen-bond donors (Lipinski definition) is 4. The molecule has 0 radical (unpaired) electrons. The molecule has 1 aromatic carbocycles. The number of aliphatic carboxylic acids is 2. The van der Waals surface area contributed by atoms with Crippen LogP contribution in [0.25, 0.3) is 11.0 Å². The van der Waals surface area contributed by atoms with Gasteiger partial charge in [0.1, 0.15) is 5.82 Å². The van der Waals surface area contributed by atoms with Crippen molar-refractivity contribution in [3.63, 3.8) is 0 Å². The van der Waals surface area contributed by atoms with Crippen LogP contribution in [0.15, 0.2) is 34.9 Å². The summed E-state index contributed by atoms with van der Waals surface area (Å²) in [5, 5.41) is 31.6. The lowest BCUT2D eigenvalue weighted by Gasteiger charge is -2.30. The number of aromatic nitrogens is 1. The van der Waals surface area contributed by atoms with Crippen molar-refractivity contribution in [3.8, 4) is 0 Å². The molecule has 1 aliphatic rings. The fourth-order valence-corrected chi connectivity index (χ4v) is 3.12. The van der Waals surface area contributed by atoms with Gasteiger partial charge in [-0.05, 0) is 38.1 Å². The maximum atomic E-state index is 13.2. The van der Waals surface area contributed by atoms with Crippen LogP contribution in [0.5, 0.6) is 0 Å². The summed E-state index contributed by atoms with van der Waals surface area (Å²) in [6.07, 6.45) is 2.00. The van der Waals surface area contributed by atoms with Crippen LogP contribution in [0, 0.1) is 5.82 Å². The van der Waals surface area contributed by atoms with Crippen LogP contribution in [0.3, 0.4) is 0 Å². The number of carbonyl (C=O) groups is 3. The van der Waals surface area contributed by atoms with Crippen LogP contribution < -0.4 is 5.32 Å². The first-order valence-electron chi connectivity index (χ1n) is 9.14. The number of likely N-dealkylation sites (tertiary alicyclic amines) is 1. The highest BCUT2D eigenvalue weighted by Crippen LogP contribution is 2.32. The molecule has 2 aromatic rings. The van der Waals surface area contributed by atoms with Crippen molar-refractivity contribution in [2.24, 2.45) is 0 Å². The Kier molecular flexibility index (Phi) is 8.29. The van der Waals surface area contributed by atoms with Gasteiger partial charge in [-0.1, -0.05) is 5.16 Å². The van der Waals surface area contributed by atoms with E-state index in [1.165, 1.54) is 12.1 Å². The van der Waals surface area contributed by atoms with Gasteiger partial charge in [0.2, 0.25) is 0 Å². The Morgan fingerprint density at radius 2 is 1.80 bits per heavy atom. The van der Waals surface area contributed by atoms with E-state index in [4.69, 9.17) is 19.8 Å². The zero-order valence-electron chi connectivity index (χ0n) is 16.0. The van der Waals surface area contributed by atoms with E-state index in [1.54, 1.807) is 6.07 Å². The van der Waals surface area contributed by atoms with Crippen molar-refractivity contribution >= 4 is 29.0 Å². The van der Waals surface area contributed by atoms with Crippen LogP contribution in [-0.2, 0) is 9.59 Å². The number of nitrogens with one attached hydrogen (secondary N) is 1. The molecule has 0 bridgehead atoms. The van der Waals surface area contributed by atoms with Gasteiger partial charge in [0.15, 0.2) is 5.58 Å². The first-order chi connectivity index (χ1) is 14.3. The first kappa shape index (κ1) is 22.8. The Hall–Kier alpha value is -3.47. The summed E-state index contributed by atoms with van der Waals surface area (Å²) in [7, 11) is 0. The number of nitrogens with zero attached hydrogens (tertiary/aromatic N) is 2. The predicted molar refractivity (Wildman–Crippen MR) is 103 cm³/mol. The van der Waals surface area contributed by atoms with E-state index in [1.807, 2.05) is 0 Å². The maximum Gasteiger partial charge on any atom is 0.404 e. The monoisotopic (exact) mass is 423 g/mol. The molecule has 2 heterocycles. The van der Waals surface area contributed by atoms with Crippen molar-refractivity contribution in [3.05, 3.63) is 41.9 Å². The van der Waals surface area contributed by atoms with Gasteiger partial charge in [-0.2, -0.15) is 0 Å². The Labute approximate surface area is 170 Å². The van der Waals surface area contributed by atoms with E-state index in [0.29, 0.717) is 36.7 Å². The van der Waals surface area contributed by atoms with Crippen molar-refractivity contribution < 1.29 is 38.6 Å². The van der Waals surface area contributed by atoms with E-state index in [0.717, 1.165) is 37.0 Å². The van der Waals surface area contributed by atoms with Gasteiger partial charge in [-0.15, -0.1) is 0 Å². The normalized spacial score (nSPS) is 15.0. The molecule has 1 fully saturated rings. The molecule has 10 nitrogen and oxygen atoms in total. The second kappa shape index (κ2) is 10.9. The molecule has 0 atom stereocenters. The van der Waals surface area contributed by atoms with E-state index in [9.17, 15) is 18.8 Å². The number of fused-ring (bicyclic) bond motifs is 1. The second-order valence-electron chi connectivity index (χ2n) is 6.57. The molecule has 1 aromatic heterocycles. The van der Waals surface area contributed by atoms with E-state index >= 15 is 0 Å². The summed E-state index contributed by atoms with van der Waals surface area (Å²) < 4.78 is 18.4. The molecule has 0 spiro atoms. The molecule has 3 rings (SSSR count). The summed E-state index contributed by atoms with van der Waals surface area (Å²) in [5.74, 6) is -2.54. The van der Waals surface area contributed by atoms with Crippen molar-refractivity contribution in [2.45, 2.75) is 18.8 Å². The summed E-state index contributed by atoms with van der Waals surface area (Å²) in [4.78, 5) is 31.8. The van der Waals surface area contributed by atoms with Crippen molar-refractivity contribution in [2.75, 3.05) is 26.2 Å². The second-order valence-corrected chi connectivity index (χ2v) is 6.57. The Balaban J connectivity index is 0.000000343. The average Bonchev–Trinajstić information content (AvgIpc) is 3.10. The number of rotatable bonds is 6. The largest absolute Gasteiger partial charge is 0.478 e. The average molecular weight is 423 g/mol. The minimum absolute atomic E-state index is 0.301. The van der Waals surface area contributed by atoms with Gasteiger partial charge in [-0.25, -0.2) is 18.8 Å². The lowest BCUT2D eigenvalue weighted by molar-refractivity contribution is -0.134. The van der Waals surface area contributed by atoms with Gasteiger partial charge in [0.25, 0.3) is 0 Å². The maximum absolute atomic E-state index is 13.2. The van der Waals surface area contributed by atoms with Crippen LogP contribution >= 0.6 is 0 Å². The van der Waals surface area contributed by atoms with Crippen LogP contribution in [0.4, 0.5) is 9.18 Å². The minimum Gasteiger partial charge on any atom is -0.478 e. The van der Waals surface area contributed by atoms with Gasteiger partial charge >= 0.3 is 18.0 Å². The molecule has 1 saturated heterocycles. The molecule has 30 heavy (non-hydrogen) atoms. The van der Waals surface area contributed by atoms with Gasteiger partial charge < -0.3 is 30.1 Å². The lowest BCUT2D eigenvalue weighted by Crippen LogP contribution is -2.38.